The van der Waals surface area contributed by atoms with E-state index in [1.54, 1.807) is 6.07 Å². The smallest absolute Gasteiger partial charge is 0.368 e. The summed E-state index contributed by atoms with van der Waals surface area (Å²) in [6, 6.07) is 4.41. The molecule has 1 amide bonds. The number of nitrogens with zero attached hydrogens (tertiary/aromatic N) is 2. The zero-order chi connectivity index (χ0) is 23.2. The van der Waals surface area contributed by atoms with E-state index in [4.69, 9.17) is 0 Å². The summed E-state index contributed by atoms with van der Waals surface area (Å²) in [4.78, 5) is 17.3. The Bertz CT molecular complexity index is 990. The van der Waals surface area contributed by atoms with Crippen molar-refractivity contribution < 1.29 is 18.0 Å². The zero-order valence-electron chi connectivity index (χ0n) is 19.0. The molecule has 0 radical (unpaired) electrons. The minimum absolute atomic E-state index is 0.172. The topological polar surface area (TPSA) is 35.6 Å². The lowest BCUT2D eigenvalue weighted by Crippen LogP contribution is -2.47. The van der Waals surface area contributed by atoms with Crippen molar-refractivity contribution in [2.24, 2.45) is 17.8 Å². The van der Waals surface area contributed by atoms with Gasteiger partial charge in [0.2, 0.25) is 5.91 Å². The number of fused-ring (bicyclic) bond motifs is 1. The molecule has 0 unspecified atom stereocenters. The Morgan fingerprint density at radius 3 is 2.55 bits per heavy atom. The first-order chi connectivity index (χ1) is 15.8. The van der Waals surface area contributed by atoms with E-state index in [1.807, 2.05) is 5.38 Å². The van der Waals surface area contributed by atoms with Gasteiger partial charge in [-0.1, -0.05) is 13.0 Å². The normalized spacial score (nSPS) is 28.8. The maximum absolute atomic E-state index is 13.0. The van der Waals surface area contributed by atoms with Gasteiger partial charge >= 0.3 is 6.18 Å². The Balaban J connectivity index is 1.10. The molecule has 1 aromatic carbocycles. The van der Waals surface area contributed by atoms with Gasteiger partial charge in [0.25, 0.3) is 0 Å². The predicted octanol–water partition coefficient (Wildman–Crippen LogP) is 5.37. The van der Waals surface area contributed by atoms with Crippen molar-refractivity contribution in [1.82, 2.24) is 10.2 Å². The van der Waals surface area contributed by atoms with Crippen LogP contribution in [0.1, 0.15) is 44.6 Å². The second kappa shape index (κ2) is 9.10. The predicted molar refractivity (Wildman–Crippen MR) is 127 cm³/mol. The van der Waals surface area contributed by atoms with Crippen LogP contribution >= 0.6 is 11.3 Å². The van der Waals surface area contributed by atoms with Crippen LogP contribution in [-0.2, 0) is 11.0 Å². The molecule has 2 aliphatic carbocycles. The number of anilines is 1. The van der Waals surface area contributed by atoms with E-state index in [2.05, 4.69) is 22.0 Å². The molecule has 3 fully saturated rings. The number of rotatable bonds is 5. The van der Waals surface area contributed by atoms with Crippen molar-refractivity contribution in [1.29, 1.82) is 0 Å². The molecule has 4 nitrogen and oxygen atoms in total. The van der Waals surface area contributed by atoms with Gasteiger partial charge in [-0.3, -0.25) is 9.69 Å². The first kappa shape index (κ1) is 23.0. The number of hydrogen-bond donors (Lipinski definition) is 1. The van der Waals surface area contributed by atoms with Crippen LogP contribution in [0.3, 0.4) is 0 Å². The molecule has 3 aliphatic rings. The molecule has 2 aromatic rings. The van der Waals surface area contributed by atoms with Gasteiger partial charge in [-0.05, 0) is 56.1 Å². The molecule has 180 valence electrons. The third kappa shape index (κ3) is 5.16. The van der Waals surface area contributed by atoms with E-state index in [1.165, 1.54) is 36.3 Å². The van der Waals surface area contributed by atoms with Gasteiger partial charge in [-0.2, -0.15) is 13.2 Å². The molecule has 2 heterocycles. The van der Waals surface area contributed by atoms with Crippen LogP contribution in [0.25, 0.3) is 10.1 Å². The van der Waals surface area contributed by atoms with Gasteiger partial charge in [0.1, 0.15) is 0 Å². The Morgan fingerprint density at radius 1 is 1.12 bits per heavy atom. The SMILES string of the molecule is C[C@H]1CC[C@H](NC(=O)[C@@H]2C[C@H]2CN2CCN(c3csc4cc(C(F)(F)F)ccc34)CC2)CC1. The summed E-state index contributed by atoms with van der Waals surface area (Å²) in [5.41, 5.74) is 0.447. The summed E-state index contributed by atoms with van der Waals surface area (Å²) in [5.74, 6) is 1.67. The minimum atomic E-state index is -4.31. The molecule has 1 aliphatic heterocycles. The van der Waals surface area contributed by atoms with Crippen molar-refractivity contribution in [2.75, 3.05) is 37.6 Å². The van der Waals surface area contributed by atoms with Gasteiger partial charge in [-0.25, -0.2) is 0 Å². The Kier molecular flexibility index (Phi) is 6.33. The first-order valence-electron chi connectivity index (χ1n) is 12.1. The quantitative estimate of drug-likeness (QED) is 0.626. The van der Waals surface area contributed by atoms with Crippen LogP contribution in [-0.4, -0.2) is 49.6 Å². The van der Waals surface area contributed by atoms with Gasteiger partial charge in [0, 0.05) is 60.1 Å². The van der Waals surface area contributed by atoms with Crippen molar-refractivity contribution >= 4 is 33.0 Å². The Labute approximate surface area is 197 Å². The molecular formula is C25H32F3N3OS. The van der Waals surface area contributed by atoms with Crippen molar-refractivity contribution in [2.45, 2.75) is 51.2 Å². The first-order valence-corrected chi connectivity index (χ1v) is 13.0. The molecule has 5 rings (SSSR count). The maximum Gasteiger partial charge on any atom is 0.416 e. The number of hydrogen-bond acceptors (Lipinski definition) is 4. The van der Waals surface area contributed by atoms with Crippen LogP contribution in [0.15, 0.2) is 23.6 Å². The lowest BCUT2D eigenvalue weighted by molar-refractivity contribution is -0.137. The third-order valence-corrected chi connectivity index (χ3v) is 8.64. The summed E-state index contributed by atoms with van der Waals surface area (Å²) < 4.78 is 39.7. The lowest BCUT2D eigenvalue weighted by Gasteiger charge is -2.36. The highest BCUT2D eigenvalue weighted by Gasteiger charge is 2.44. The van der Waals surface area contributed by atoms with E-state index in [9.17, 15) is 18.0 Å². The summed E-state index contributed by atoms with van der Waals surface area (Å²) >= 11 is 1.38. The molecule has 0 bridgehead atoms. The second-order valence-corrected chi connectivity index (χ2v) is 11.1. The summed E-state index contributed by atoms with van der Waals surface area (Å²) in [6.45, 7) is 6.81. The molecule has 1 aromatic heterocycles. The molecule has 33 heavy (non-hydrogen) atoms. The average molecular weight is 480 g/mol. The van der Waals surface area contributed by atoms with Crippen molar-refractivity contribution in [3.05, 3.63) is 29.1 Å². The number of amides is 1. The van der Waals surface area contributed by atoms with E-state index in [-0.39, 0.29) is 11.8 Å². The summed E-state index contributed by atoms with van der Waals surface area (Å²) in [7, 11) is 0. The zero-order valence-corrected chi connectivity index (χ0v) is 19.9. The van der Waals surface area contributed by atoms with Crippen LogP contribution in [0.2, 0.25) is 0 Å². The van der Waals surface area contributed by atoms with Crippen molar-refractivity contribution in [3.8, 4) is 0 Å². The van der Waals surface area contributed by atoms with Crippen molar-refractivity contribution in [3.63, 3.8) is 0 Å². The van der Waals surface area contributed by atoms with Gasteiger partial charge in [-0.15, -0.1) is 11.3 Å². The second-order valence-electron chi connectivity index (χ2n) is 10.2. The molecule has 8 heteroatoms. The fraction of sp³-hybridized carbons (Fsp3) is 0.640. The third-order valence-electron chi connectivity index (χ3n) is 7.71. The number of halogens is 3. The van der Waals surface area contributed by atoms with E-state index >= 15 is 0 Å². The molecule has 0 spiro atoms. The largest absolute Gasteiger partial charge is 0.416 e. The molecule has 2 saturated carbocycles. The Hall–Kier alpha value is -1.80. The molecular weight excluding hydrogens is 447 g/mol. The fourth-order valence-corrected chi connectivity index (χ4v) is 6.43. The standard InChI is InChI=1S/C25H32F3N3OS/c1-16-2-5-19(6-3-16)29-24(32)21-12-17(21)14-30-8-10-31(11-9-30)22-15-33-23-13-18(25(26,27)28)4-7-20(22)23/h4,7,13,15-17,19,21H,2-3,5-6,8-12,14H2,1H3,(H,29,32)/t16-,17-,19-,21+/m0/s1. The van der Waals surface area contributed by atoms with E-state index < -0.39 is 11.7 Å². The van der Waals surface area contributed by atoms with Crippen LogP contribution < -0.4 is 10.2 Å². The van der Waals surface area contributed by atoms with Gasteiger partial charge < -0.3 is 10.2 Å². The number of carbonyl (C=O) groups is 1. The molecule has 1 N–H and O–H groups in total. The minimum Gasteiger partial charge on any atom is -0.368 e. The molecule has 1 saturated heterocycles. The highest BCUT2D eigenvalue weighted by molar-refractivity contribution is 7.17. The number of carbonyl (C=O) groups excluding carboxylic acids is 1. The number of alkyl halides is 3. The monoisotopic (exact) mass is 479 g/mol. The van der Waals surface area contributed by atoms with Gasteiger partial charge in [0.05, 0.1) is 11.3 Å². The summed E-state index contributed by atoms with van der Waals surface area (Å²) in [5, 5.41) is 6.17. The maximum atomic E-state index is 13.0. The van der Waals surface area contributed by atoms with E-state index in [0.717, 1.165) is 69.0 Å². The lowest BCUT2D eigenvalue weighted by atomic mass is 9.87. The highest BCUT2D eigenvalue weighted by atomic mass is 32.1. The van der Waals surface area contributed by atoms with Crippen LogP contribution in [0, 0.1) is 17.8 Å². The van der Waals surface area contributed by atoms with E-state index in [0.29, 0.717) is 16.7 Å². The molecule has 2 atom stereocenters. The Morgan fingerprint density at radius 2 is 1.85 bits per heavy atom. The number of nitrogens with one attached hydrogen (secondary N) is 1. The highest BCUT2D eigenvalue weighted by Crippen LogP contribution is 2.41. The summed E-state index contributed by atoms with van der Waals surface area (Å²) in [6.07, 6.45) is 1.34. The van der Waals surface area contributed by atoms with Crippen LogP contribution in [0.5, 0.6) is 0 Å². The number of piperazine rings is 1. The number of thiophene rings is 1. The van der Waals surface area contributed by atoms with Gasteiger partial charge in [0.15, 0.2) is 0 Å². The van der Waals surface area contributed by atoms with Crippen LogP contribution in [0.4, 0.5) is 18.9 Å². The average Bonchev–Trinajstić information content (AvgIpc) is 3.43. The fourth-order valence-electron chi connectivity index (χ4n) is 5.42. The number of benzene rings is 1.